The molecule has 0 atom stereocenters. The molecule has 30 heavy (non-hydrogen) atoms. The first kappa shape index (κ1) is 19.4. The lowest BCUT2D eigenvalue weighted by atomic mass is 10.1. The van der Waals surface area contributed by atoms with Crippen LogP contribution in [0.3, 0.4) is 0 Å². The number of hydrogen-bond donors (Lipinski definition) is 3. The standard InChI is InChI=1S/C24H20FN3O2/c1-15-10-12-16(13-11-15)23(29)28-21-18-7-3-5-9-20(18)27-22(21)24(30)26-14-17-6-2-4-8-19(17)25/h2-13,27H,14H2,1H3,(H,26,30)(H,28,29). The molecule has 2 amide bonds. The van der Waals surface area contributed by atoms with Gasteiger partial charge in [-0.2, -0.15) is 0 Å². The first-order valence-electron chi connectivity index (χ1n) is 9.53. The van der Waals surface area contributed by atoms with Gasteiger partial charge in [0.2, 0.25) is 0 Å². The van der Waals surface area contributed by atoms with Gasteiger partial charge in [0.05, 0.1) is 5.69 Å². The van der Waals surface area contributed by atoms with Crippen LogP contribution in [0.25, 0.3) is 10.9 Å². The molecule has 0 unspecified atom stereocenters. The first-order chi connectivity index (χ1) is 14.5. The quantitative estimate of drug-likeness (QED) is 0.449. The monoisotopic (exact) mass is 401 g/mol. The molecule has 0 fully saturated rings. The summed E-state index contributed by atoms with van der Waals surface area (Å²) in [5, 5.41) is 6.29. The molecule has 3 N–H and O–H groups in total. The second-order valence-corrected chi connectivity index (χ2v) is 7.01. The number of fused-ring (bicyclic) bond motifs is 1. The summed E-state index contributed by atoms with van der Waals surface area (Å²) in [5.41, 5.74) is 3.24. The fourth-order valence-electron chi connectivity index (χ4n) is 3.24. The first-order valence-corrected chi connectivity index (χ1v) is 9.53. The Morgan fingerprint density at radius 3 is 2.37 bits per heavy atom. The van der Waals surface area contributed by atoms with E-state index in [2.05, 4.69) is 15.6 Å². The van der Waals surface area contributed by atoms with Crippen LogP contribution in [0.1, 0.15) is 32.0 Å². The summed E-state index contributed by atoms with van der Waals surface area (Å²) in [4.78, 5) is 28.7. The number of aryl methyl sites for hydroxylation is 1. The summed E-state index contributed by atoms with van der Waals surface area (Å²) in [7, 11) is 0. The van der Waals surface area contributed by atoms with E-state index in [1.54, 1.807) is 30.3 Å². The zero-order chi connectivity index (χ0) is 21.1. The third-order valence-corrected chi connectivity index (χ3v) is 4.88. The Bertz CT molecular complexity index is 1230. The number of carbonyl (C=O) groups is 2. The second kappa shape index (κ2) is 8.21. The second-order valence-electron chi connectivity index (χ2n) is 7.01. The fraction of sp³-hybridized carbons (Fsp3) is 0.0833. The highest BCUT2D eigenvalue weighted by Gasteiger charge is 2.20. The van der Waals surface area contributed by atoms with E-state index in [1.807, 2.05) is 43.3 Å². The van der Waals surface area contributed by atoms with Gasteiger partial charge in [0.15, 0.2) is 0 Å². The number of nitrogens with one attached hydrogen (secondary N) is 3. The van der Waals surface area contributed by atoms with Crippen LogP contribution in [0.2, 0.25) is 0 Å². The van der Waals surface area contributed by atoms with Gasteiger partial charge in [-0.25, -0.2) is 4.39 Å². The van der Waals surface area contributed by atoms with Gasteiger partial charge >= 0.3 is 0 Å². The highest BCUT2D eigenvalue weighted by molar-refractivity contribution is 6.15. The lowest BCUT2D eigenvalue weighted by Crippen LogP contribution is -2.25. The third-order valence-electron chi connectivity index (χ3n) is 4.88. The number of anilines is 1. The maximum Gasteiger partial charge on any atom is 0.270 e. The van der Waals surface area contributed by atoms with Gasteiger partial charge in [-0.3, -0.25) is 9.59 Å². The van der Waals surface area contributed by atoms with E-state index in [-0.39, 0.29) is 24.0 Å². The van der Waals surface area contributed by atoms with E-state index in [0.29, 0.717) is 27.7 Å². The number of rotatable bonds is 5. The minimum absolute atomic E-state index is 0.0339. The smallest absolute Gasteiger partial charge is 0.270 e. The van der Waals surface area contributed by atoms with Gasteiger partial charge < -0.3 is 15.6 Å². The molecule has 0 radical (unpaired) electrons. The van der Waals surface area contributed by atoms with E-state index in [1.165, 1.54) is 6.07 Å². The number of aromatic amines is 1. The van der Waals surface area contributed by atoms with E-state index < -0.39 is 5.91 Å². The molecule has 5 nitrogen and oxygen atoms in total. The van der Waals surface area contributed by atoms with Crippen LogP contribution in [0.15, 0.2) is 72.8 Å². The summed E-state index contributed by atoms with van der Waals surface area (Å²) >= 11 is 0. The number of H-pyrrole nitrogens is 1. The Morgan fingerprint density at radius 1 is 0.900 bits per heavy atom. The molecule has 1 aromatic heterocycles. The van der Waals surface area contributed by atoms with Gasteiger partial charge in [-0.1, -0.05) is 54.1 Å². The van der Waals surface area contributed by atoms with E-state index in [9.17, 15) is 14.0 Å². The molecule has 4 rings (SSSR count). The lowest BCUT2D eigenvalue weighted by Gasteiger charge is -2.09. The highest BCUT2D eigenvalue weighted by Crippen LogP contribution is 2.28. The number of aromatic nitrogens is 1. The average Bonchev–Trinajstić information content (AvgIpc) is 3.12. The molecule has 1 heterocycles. The van der Waals surface area contributed by atoms with Crippen molar-refractivity contribution in [3.63, 3.8) is 0 Å². The molecule has 0 saturated heterocycles. The maximum atomic E-state index is 13.9. The van der Waals surface area contributed by atoms with Crippen molar-refractivity contribution in [1.29, 1.82) is 0 Å². The average molecular weight is 401 g/mol. The Balaban J connectivity index is 1.62. The lowest BCUT2D eigenvalue weighted by molar-refractivity contribution is 0.0947. The fourth-order valence-corrected chi connectivity index (χ4v) is 3.24. The van der Waals surface area contributed by atoms with E-state index in [4.69, 9.17) is 0 Å². The zero-order valence-corrected chi connectivity index (χ0v) is 16.3. The van der Waals surface area contributed by atoms with Gasteiger partial charge in [0.25, 0.3) is 11.8 Å². The molecule has 0 spiro atoms. The van der Waals surface area contributed by atoms with Gasteiger partial charge in [0.1, 0.15) is 11.5 Å². The van der Waals surface area contributed by atoms with Gasteiger partial charge in [-0.05, 0) is 31.2 Å². The van der Waals surface area contributed by atoms with Crippen molar-refractivity contribution in [3.8, 4) is 0 Å². The highest BCUT2D eigenvalue weighted by atomic mass is 19.1. The number of para-hydroxylation sites is 1. The van der Waals surface area contributed by atoms with Crippen molar-refractivity contribution in [3.05, 3.63) is 101 Å². The van der Waals surface area contributed by atoms with Crippen molar-refractivity contribution in [2.24, 2.45) is 0 Å². The van der Waals surface area contributed by atoms with Crippen molar-refractivity contribution in [1.82, 2.24) is 10.3 Å². The molecular formula is C24H20FN3O2. The summed E-state index contributed by atoms with van der Waals surface area (Å²) in [6.45, 7) is 1.98. The molecule has 0 aliphatic heterocycles. The number of halogens is 1. The topological polar surface area (TPSA) is 74.0 Å². The summed E-state index contributed by atoms with van der Waals surface area (Å²) < 4.78 is 13.9. The Labute approximate surface area is 172 Å². The molecule has 0 aliphatic rings. The van der Waals surface area contributed by atoms with Crippen molar-refractivity contribution in [2.45, 2.75) is 13.5 Å². The molecule has 4 aromatic rings. The maximum absolute atomic E-state index is 13.9. The minimum atomic E-state index is -0.436. The van der Waals surface area contributed by atoms with Crippen molar-refractivity contribution in [2.75, 3.05) is 5.32 Å². The van der Waals surface area contributed by atoms with Crippen LogP contribution >= 0.6 is 0 Å². The van der Waals surface area contributed by atoms with Crippen LogP contribution in [-0.4, -0.2) is 16.8 Å². The Morgan fingerprint density at radius 2 is 1.60 bits per heavy atom. The molecular weight excluding hydrogens is 381 g/mol. The van der Waals surface area contributed by atoms with Crippen LogP contribution in [0.5, 0.6) is 0 Å². The SMILES string of the molecule is Cc1ccc(C(=O)Nc2c(C(=O)NCc3ccccc3F)[nH]c3ccccc23)cc1. The largest absolute Gasteiger partial charge is 0.349 e. The van der Waals surface area contributed by atoms with Gasteiger partial charge in [0, 0.05) is 28.6 Å². The van der Waals surface area contributed by atoms with Crippen LogP contribution < -0.4 is 10.6 Å². The Hall–Kier alpha value is -3.93. The molecule has 6 heteroatoms. The van der Waals surface area contributed by atoms with Gasteiger partial charge in [-0.15, -0.1) is 0 Å². The van der Waals surface area contributed by atoms with Crippen LogP contribution in [0.4, 0.5) is 10.1 Å². The molecule has 0 bridgehead atoms. The van der Waals surface area contributed by atoms with E-state index in [0.717, 1.165) is 5.56 Å². The summed E-state index contributed by atoms with van der Waals surface area (Å²) in [6, 6.07) is 20.8. The number of hydrogen-bond acceptors (Lipinski definition) is 2. The molecule has 3 aromatic carbocycles. The summed E-state index contributed by atoms with van der Waals surface area (Å²) in [6.07, 6.45) is 0. The molecule has 0 aliphatic carbocycles. The predicted molar refractivity (Wildman–Crippen MR) is 115 cm³/mol. The van der Waals surface area contributed by atoms with Crippen molar-refractivity contribution < 1.29 is 14.0 Å². The molecule has 0 saturated carbocycles. The summed E-state index contributed by atoms with van der Waals surface area (Å²) in [5.74, 6) is -1.14. The number of benzene rings is 3. The van der Waals surface area contributed by atoms with Crippen LogP contribution in [0, 0.1) is 12.7 Å². The number of carbonyl (C=O) groups excluding carboxylic acids is 2. The molecule has 150 valence electrons. The zero-order valence-electron chi connectivity index (χ0n) is 16.3. The minimum Gasteiger partial charge on any atom is -0.349 e. The Kier molecular flexibility index (Phi) is 5.30. The normalized spacial score (nSPS) is 10.7. The van der Waals surface area contributed by atoms with E-state index >= 15 is 0 Å². The third kappa shape index (κ3) is 3.93. The predicted octanol–water partition coefficient (Wildman–Crippen LogP) is 4.80. The van der Waals surface area contributed by atoms with Crippen molar-refractivity contribution >= 4 is 28.4 Å². The number of amides is 2. The van der Waals surface area contributed by atoms with Crippen LogP contribution in [-0.2, 0) is 6.54 Å².